The van der Waals surface area contributed by atoms with Crippen molar-refractivity contribution in [2.24, 2.45) is 17.4 Å². The molecule has 0 saturated heterocycles. The minimum Gasteiger partial charge on any atom is -0.508 e. The number of carbonyl (C=O) groups excluding carboxylic acids is 4. The normalized spacial score (nSPS) is 13.9. The molecule has 0 saturated carbocycles. The zero-order valence-electron chi connectivity index (χ0n) is 21.9. The van der Waals surface area contributed by atoms with Gasteiger partial charge in [0.15, 0.2) is 0 Å². The third kappa shape index (κ3) is 12.7. The van der Waals surface area contributed by atoms with Crippen LogP contribution in [-0.4, -0.2) is 75.1 Å². The highest BCUT2D eigenvalue weighted by Crippen LogP contribution is 2.13. The van der Waals surface area contributed by atoms with Crippen LogP contribution in [0.25, 0.3) is 0 Å². The number of nitrogens with one attached hydrogen (secondary N) is 3. The van der Waals surface area contributed by atoms with E-state index in [-0.39, 0.29) is 30.9 Å². The summed E-state index contributed by atoms with van der Waals surface area (Å²) in [5.74, 6) is -5.83. The van der Waals surface area contributed by atoms with Gasteiger partial charge in [0.1, 0.15) is 23.9 Å². The van der Waals surface area contributed by atoms with Crippen LogP contribution in [0.5, 0.6) is 5.75 Å². The maximum absolute atomic E-state index is 13.2. The van der Waals surface area contributed by atoms with E-state index in [1.807, 2.05) is 13.8 Å². The van der Waals surface area contributed by atoms with Crippen LogP contribution in [0.3, 0.4) is 0 Å². The van der Waals surface area contributed by atoms with Gasteiger partial charge in [0.05, 0.1) is 6.04 Å². The Kier molecular flexibility index (Phi) is 13.4. The van der Waals surface area contributed by atoms with E-state index < -0.39 is 72.6 Å². The fourth-order valence-electron chi connectivity index (χ4n) is 3.60. The summed E-state index contributed by atoms with van der Waals surface area (Å²) < 4.78 is 0. The van der Waals surface area contributed by atoms with E-state index in [0.29, 0.717) is 12.0 Å². The molecule has 0 aromatic heterocycles. The first-order valence-corrected chi connectivity index (χ1v) is 12.4. The molecule has 0 aliphatic heterocycles. The lowest BCUT2D eigenvalue weighted by atomic mass is 10.0. The lowest BCUT2D eigenvalue weighted by Gasteiger charge is -2.25. The van der Waals surface area contributed by atoms with Crippen molar-refractivity contribution in [2.45, 2.75) is 76.5 Å². The smallest absolute Gasteiger partial charge is 0.326 e. The molecule has 4 atom stereocenters. The van der Waals surface area contributed by atoms with Gasteiger partial charge in [-0.05, 0) is 42.9 Å². The second-order valence-electron chi connectivity index (χ2n) is 9.57. The zero-order chi connectivity index (χ0) is 29.7. The molecule has 0 aliphatic carbocycles. The maximum Gasteiger partial charge on any atom is 0.326 e. The fraction of sp³-hybridized carbons (Fsp3) is 0.520. The molecule has 1 aromatic carbocycles. The molecule has 39 heavy (non-hydrogen) atoms. The van der Waals surface area contributed by atoms with Gasteiger partial charge in [-0.2, -0.15) is 0 Å². The number of amides is 4. The Morgan fingerprint density at radius 3 is 1.82 bits per heavy atom. The van der Waals surface area contributed by atoms with E-state index in [1.54, 1.807) is 0 Å². The molecule has 0 bridgehead atoms. The zero-order valence-corrected chi connectivity index (χ0v) is 21.9. The highest BCUT2D eigenvalue weighted by Gasteiger charge is 2.31. The molecule has 1 rings (SSSR count). The van der Waals surface area contributed by atoms with Crippen LogP contribution in [0, 0.1) is 5.92 Å². The standard InChI is InChI=1S/C25H37N5O9/c1-13(2)11-16(26)22(35)28-17(7-9-20(27)32)23(36)30-19(12-14-3-5-15(31)6-4-14)24(37)29-18(25(38)39)8-10-21(33)34/h3-6,13,16-19,31H,7-12,26H2,1-2H3,(H2,27,32)(H,28,35)(H,29,37)(H,30,36)(H,33,34)(H,38,39). The quantitative estimate of drug-likeness (QED) is 0.117. The van der Waals surface area contributed by atoms with Crippen LogP contribution in [-0.2, 0) is 35.2 Å². The number of rotatable bonds is 17. The number of carboxylic acid groups (broad SMARTS) is 2. The molecule has 0 aliphatic rings. The Labute approximate surface area is 225 Å². The van der Waals surface area contributed by atoms with Gasteiger partial charge in [-0.25, -0.2) is 4.79 Å². The number of nitrogens with two attached hydrogens (primary N) is 2. The first-order valence-electron chi connectivity index (χ1n) is 12.4. The number of carboxylic acids is 2. The maximum atomic E-state index is 13.2. The van der Waals surface area contributed by atoms with Crippen molar-refractivity contribution >= 4 is 35.6 Å². The first-order chi connectivity index (χ1) is 18.2. The van der Waals surface area contributed by atoms with E-state index >= 15 is 0 Å². The number of carbonyl (C=O) groups is 6. The number of aromatic hydroxyl groups is 1. The predicted molar refractivity (Wildman–Crippen MR) is 138 cm³/mol. The summed E-state index contributed by atoms with van der Waals surface area (Å²) in [4.78, 5) is 72.7. The van der Waals surface area contributed by atoms with Gasteiger partial charge in [0.25, 0.3) is 0 Å². The molecule has 4 unspecified atom stereocenters. The average Bonchev–Trinajstić information content (AvgIpc) is 2.83. The van der Waals surface area contributed by atoms with Crippen LogP contribution < -0.4 is 27.4 Å². The molecule has 1 aromatic rings. The second kappa shape index (κ2) is 15.9. The third-order valence-electron chi connectivity index (χ3n) is 5.65. The Morgan fingerprint density at radius 1 is 0.795 bits per heavy atom. The van der Waals surface area contributed by atoms with Crippen LogP contribution in [0.15, 0.2) is 24.3 Å². The number of aliphatic carboxylic acids is 2. The van der Waals surface area contributed by atoms with Crippen LogP contribution in [0.1, 0.15) is 51.5 Å². The van der Waals surface area contributed by atoms with Gasteiger partial charge in [0.2, 0.25) is 23.6 Å². The number of benzene rings is 1. The molecule has 0 spiro atoms. The fourth-order valence-corrected chi connectivity index (χ4v) is 3.60. The van der Waals surface area contributed by atoms with Crippen LogP contribution in [0.2, 0.25) is 0 Å². The highest BCUT2D eigenvalue weighted by molar-refractivity contribution is 5.94. The SMILES string of the molecule is CC(C)CC(N)C(=O)NC(CCC(N)=O)C(=O)NC(Cc1ccc(O)cc1)C(=O)NC(CCC(=O)O)C(=O)O. The van der Waals surface area contributed by atoms with Gasteiger partial charge in [-0.1, -0.05) is 26.0 Å². The van der Waals surface area contributed by atoms with Crippen molar-refractivity contribution in [1.29, 1.82) is 0 Å². The van der Waals surface area contributed by atoms with Gasteiger partial charge in [-0.15, -0.1) is 0 Å². The highest BCUT2D eigenvalue weighted by atomic mass is 16.4. The summed E-state index contributed by atoms with van der Waals surface area (Å²) in [5, 5.41) is 35.0. The molecule has 14 nitrogen and oxygen atoms in total. The molecular formula is C25H37N5O9. The minimum absolute atomic E-state index is 0.0460. The minimum atomic E-state index is -1.55. The summed E-state index contributed by atoms with van der Waals surface area (Å²) in [5.41, 5.74) is 11.6. The average molecular weight is 552 g/mol. The predicted octanol–water partition coefficient (Wildman–Crippen LogP) is -1.02. The lowest BCUT2D eigenvalue weighted by Crippen LogP contribution is -2.57. The first kappa shape index (κ1) is 32.8. The monoisotopic (exact) mass is 551 g/mol. The van der Waals surface area contributed by atoms with Crippen molar-refractivity contribution in [3.8, 4) is 5.75 Å². The van der Waals surface area contributed by atoms with Gasteiger partial charge in [0, 0.05) is 19.3 Å². The number of hydrogen-bond acceptors (Lipinski definition) is 8. The van der Waals surface area contributed by atoms with E-state index in [9.17, 15) is 39.0 Å². The summed E-state index contributed by atoms with van der Waals surface area (Å²) >= 11 is 0. The number of hydrogen-bond donors (Lipinski definition) is 8. The van der Waals surface area contributed by atoms with Gasteiger partial charge < -0.3 is 42.7 Å². The van der Waals surface area contributed by atoms with Crippen LogP contribution >= 0.6 is 0 Å². The van der Waals surface area contributed by atoms with E-state index in [4.69, 9.17) is 16.6 Å². The Bertz CT molecular complexity index is 1030. The van der Waals surface area contributed by atoms with Gasteiger partial charge >= 0.3 is 11.9 Å². The summed E-state index contributed by atoms with van der Waals surface area (Å²) in [6, 6.07) is 0.529. The Hall–Kier alpha value is -4.20. The molecular weight excluding hydrogens is 514 g/mol. The van der Waals surface area contributed by atoms with Crippen molar-refractivity contribution in [2.75, 3.05) is 0 Å². The third-order valence-corrected chi connectivity index (χ3v) is 5.65. The van der Waals surface area contributed by atoms with E-state index in [1.165, 1.54) is 24.3 Å². The van der Waals surface area contributed by atoms with E-state index in [2.05, 4.69) is 16.0 Å². The van der Waals surface area contributed by atoms with Crippen LogP contribution in [0.4, 0.5) is 0 Å². The van der Waals surface area contributed by atoms with Crippen molar-refractivity contribution < 1.29 is 44.1 Å². The van der Waals surface area contributed by atoms with Gasteiger partial charge in [-0.3, -0.25) is 24.0 Å². The summed E-state index contributed by atoms with van der Waals surface area (Å²) in [6.07, 6.45) is -1.19. The summed E-state index contributed by atoms with van der Waals surface area (Å²) in [6.45, 7) is 3.72. The molecule has 14 heteroatoms. The summed E-state index contributed by atoms with van der Waals surface area (Å²) in [7, 11) is 0. The largest absolute Gasteiger partial charge is 0.508 e. The van der Waals surface area contributed by atoms with E-state index in [0.717, 1.165) is 0 Å². The number of phenols is 1. The molecule has 0 fully saturated rings. The number of primary amides is 1. The topological polar surface area (TPSA) is 251 Å². The van der Waals surface area contributed by atoms with Crippen molar-refractivity contribution in [1.82, 2.24) is 16.0 Å². The Morgan fingerprint density at radius 2 is 1.31 bits per heavy atom. The number of phenolic OH excluding ortho intramolecular Hbond substituents is 1. The lowest BCUT2D eigenvalue weighted by molar-refractivity contribution is -0.143. The molecule has 4 amide bonds. The molecule has 0 radical (unpaired) electrons. The second-order valence-corrected chi connectivity index (χ2v) is 9.57. The molecule has 0 heterocycles. The van der Waals surface area contributed by atoms with Crippen molar-refractivity contribution in [3.63, 3.8) is 0 Å². The molecule has 10 N–H and O–H groups in total. The molecule has 216 valence electrons. The van der Waals surface area contributed by atoms with Crippen molar-refractivity contribution in [3.05, 3.63) is 29.8 Å². The Balaban J connectivity index is 3.18.